The van der Waals surface area contributed by atoms with E-state index in [4.69, 9.17) is 9.47 Å². The first-order chi connectivity index (χ1) is 21.6. The zero-order valence-corrected chi connectivity index (χ0v) is 26.7. The van der Waals surface area contributed by atoms with Crippen LogP contribution in [0.15, 0.2) is 36.4 Å². The number of unbranched alkanes of at least 4 members (excludes halogenated alkanes) is 2. The lowest BCUT2D eigenvalue weighted by molar-refractivity contribution is -0.376. The Hall–Kier alpha value is -3.48. The SMILES string of the molecule is CCCCOc1ccc(C(C)NC(=O)N(C=O)CCCCOc2c(CCC)cc(C(O)(C(F)(F)F)C(F)(F)F)cc2CCC)cc1. The predicted molar refractivity (Wildman–Crippen MR) is 162 cm³/mol. The van der Waals surface area contributed by atoms with Crippen molar-refractivity contribution in [2.24, 2.45) is 0 Å². The lowest BCUT2D eigenvalue weighted by Crippen LogP contribution is -2.54. The van der Waals surface area contributed by atoms with Gasteiger partial charge in [-0.15, -0.1) is 0 Å². The van der Waals surface area contributed by atoms with Gasteiger partial charge in [-0.3, -0.25) is 9.69 Å². The number of halogens is 6. The Balaban J connectivity index is 2.06. The van der Waals surface area contributed by atoms with Crippen molar-refractivity contribution in [3.05, 3.63) is 58.7 Å². The van der Waals surface area contributed by atoms with E-state index in [1.165, 1.54) is 0 Å². The van der Waals surface area contributed by atoms with E-state index in [0.29, 0.717) is 50.8 Å². The molecule has 2 N–H and O–H groups in total. The molecule has 0 bridgehead atoms. The monoisotopic (exact) mass is 662 g/mol. The van der Waals surface area contributed by atoms with Crippen LogP contribution in [0.5, 0.6) is 11.5 Å². The molecule has 13 heteroatoms. The molecular weight excluding hydrogens is 618 g/mol. The van der Waals surface area contributed by atoms with Gasteiger partial charge in [0.25, 0.3) is 5.60 Å². The molecule has 46 heavy (non-hydrogen) atoms. The number of hydrogen-bond acceptors (Lipinski definition) is 5. The Labute approximate surface area is 266 Å². The fourth-order valence-corrected chi connectivity index (χ4v) is 4.85. The van der Waals surface area contributed by atoms with E-state index in [1.54, 1.807) is 20.8 Å². The standard InChI is InChI=1S/C33H44F6N2O5/c1-5-8-18-45-28-15-13-24(14-16-28)23(4)40-30(43)41(22-42)17-9-10-19-46-29-25(11-6-2)20-27(21-26(29)12-7-3)31(44,32(34,35)36)33(37,38)39/h13-16,20-23,44H,5-12,17-19H2,1-4H3,(H,40,43). The average Bonchev–Trinajstić information content (AvgIpc) is 2.98. The highest BCUT2D eigenvalue weighted by molar-refractivity contribution is 5.84. The molecule has 258 valence electrons. The number of nitrogens with zero attached hydrogens (tertiary/aromatic N) is 1. The normalized spacial score (nSPS) is 12.8. The maximum Gasteiger partial charge on any atom is 0.430 e. The summed E-state index contributed by atoms with van der Waals surface area (Å²) in [5.74, 6) is 0.899. The number of aryl methyl sites for hydroxylation is 2. The second-order valence-electron chi connectivity index (χ2n) is 11.1. The third kappa shape index (κ3) is 10.0. The van der Waals surface area contributed by atoms with Crippen molar-refractivity contribution in [2.75, 3.05) is 19.8 Å². The second-order valence-corrected chi connectivity index (χ2v) is 11.1. The third-order valence-electron chi connectivity index (χ3n) is 7.43. The highest BCUT2D eigenvalue weighted by Crippen LogP contribution is 2.51. The number of carbonyl (C=O) groups excluding carboxylic acids is 2. The zero-order chi connectivity index (χ0) is 34.5. The first-order valence-electron chi connectivity index (χ1n) is 15.5. The molecule has 2 aromatic rings. The first-order valence-corrected chi connectivity index (χ1v) is 15.5. The van der Waals surface area contributed by atoms with Gasteiger partial charge >= 0.3 is 18.4 Å². The number of benzene rings is 2. The molecule has 0 radical (unpaired) electrons. The van der Waals surface area contributed by atoms with Crippen LogP contribution in [0.1, 0.15) is 94.5 Å². The van der Waals surface area contributed by atoms with E-state index in [-0.39, 0.29) is 42.9 Å². The summed E-state index contributed by atoms with van der Waals surface area (Å²) in [6.45, 7) is 7.98. The molecule has 3 amide bonds. The van der Waals surface area contributed by atoms with Crippen molar-refractivity contribution >= 4 is 12.4 Å². The van der Waals surface area contributed by atoms with Gasteiger partial charge in [-0.25, -0.2) is 4.79 Å². The molecule has 2 rings (SSSR count). The number of ether oxygens (including phenoxy) is 2. The van der Waals surface area contributed by atoms with Gasteiger partial charge in [0.15, 0.2) is 0 Å². The Morgan fingerprint density at radius 3 is 1.89 bits per heavy atom. The Kier molecular flexibility index (Phi) is 14.7. The second kappa shape index (κ2) is 17.4. The van der Waals surface area contributed by atoms with Crippen LogP contribution >= 0.6 is 0 Å². The van der Waals surface area contributed by atoms with Gasteiger partial charge < -0.3 is 19.9 Å². The Morgan fingerprint density at radius 2 is 1.41 bits per heavy atom. The van der Waals surface area contributed by atoms with Crippen LogP contribution < -0.4 is 14.8 Å². The van der Waals surface area contributed by atoms with Crippen LogP contribution in [0.2, 0.25) is 0 Å². The van der Waals surface area contributed by atoms with Gasteiger partial charge in [0.1, 0.15) is 11.5 Å². The fourth-order valence-electron chi connectivity index (χ4n) is 4.85. The number of nitrogens with one attached hydrogen (secondary N) is 1. The molecule has 0 aliphatic rings. The highest BCUT2D eigenvalue weighted by atomic mass is 19.4. The summed E-state index contributed by atoms with van der Waals surface area (Å²) in [5, 5.41) is 12.8. The number of carbonyl (C=O) groups is 2. The maximum atomic E-state index is 13.6. The minimum atomic E-state index is -6.00. The molecule has 0 aromatic heterocycles. The molecule has 0 fully saturated rings. The molecule has 1 atom stereocenters. The van der Waals surface area contributed by atoms with Gasteiger partial charge in [0.05, 0.1) is 19.3 Å². The number of rotatable bonds is 18. The van der Waals surface area contributed by atoms with Crippen molar-refractivity contribution < 1.29 is 50.5 Å². The van der Waals surface area contributed by atoms with Crippen molar-refractivity contribution in [2.45, 2.75) is 103 Å². The van der Waals surface area contributed by atoms with Gasteiger partial charge in [-0.2, -0.15) is 26.3 Å². The molecule has 7 nitrogen and oxygen atoms in total. The summed E-state index contributed by atoms with van der Waals surface area (Å²) < 4.78 is 93.2. The lowest BCUT2D eigenvalue weighted by atomic mass is 9.87. The van der Waals surface area contributed by atoms with Gasteiger partial charge in [0.2, 0.25) is 6.41 Å². The number of urea groups is 1. The van der Waals surface area contributed by atoms with E-state index in [0.717, 1.165) is 29.1 Å². The summed E-state index contributed by atoms with van der Waals surface area (Å²) in [4.78, 5) is 25.3. The summed E-state index contributed by atoms with van der Waals surface area (Å²) in [6, 6.07) is 7.71. The third-order valence-corrected chi connectivity index (χ3v) is 7.43. The van der Waals surface area contributed by atoms with Crippen molar-refractivity contribution in [3.63, 3.8) is 0 Å². The maximum absolute atomic E-state index is 13.6. The van der Waals surface area contributed by atoms with Gasteiger partial charge in [-0.05, 0) is 80.0 Å². The molecule has 0 saturated heterocycles. The van der Waals surface area contributed by atoms with Crippen LogP contribution in [0, 0.1) is 0 Å². The highest BCUT2D eigenvalue weighted by Gasteiger charge is 2.71. The summed E-state index contributed by atoms with van der Waals surface area (Å²) in [7, 11) is 0. The van der Waals surface area contributed by atoms with Crippen LogP contribution in [0.3, 0.4) is 0 Å². The number of alkyl halides is 6. The zero-order valence-electron chi connectivity index (χ0n) is 26.7. The number of aliphatic hydroxyl groups is 1. The van der Waals surface area contributed by atoms with E-state index in [1.807, 2.05) is 24.3 Å². The first kappa shape index (κ1) is 38.7. The average molecular weight is 663 g/mol. The molecule has 1 unspecified atom stereocenters. The molecule has 0 heterocycles. The van der Waals surface area contributed by atoms with E-state index in [2.05, 4.69) is 12.2 Å². The molecule has 0 spiro atoms. The van der Waals surface area contributed by atoms with Crippen LogP contribution in [-0.4, -0.2) is 54.6 Å². The fraction of sp³-hybridized carbons (Fsp3) is 0.576. The van der Waals surface area contributed by atoms with Crippen molar-refractivity contribution in [1.82, 2.24) is 10.2 Å². The van der Waals surface area contributed by atoms with Crippen molar-refractivity contribution in [1.29, 1.82) is 0 Å². The molecule has 0 saturated carbocycles. The lowest BCUT2D eigenvalue weighted by Gasteiger charge is -2.33. The largest absolute Gasteiger partial charge is 0.494 e. The molecular formula is C33H44F6N2O5. The summed E-state index contributed by atoms with van der Waals surface area (Å²) >= 11 is 0. The summed E-state index contributed by atoms with van der Waals surface area (Å²) in [6.07, 6.45) is -7.91. The topological polar surface area (TPSA) is 88.1 Å². The predicted octanol–water partition coefficient (Wildman–Crippen LogP) is 8.17. The van der Waals surface area contributed by atoms with E-state index >= 15 is 0 Å². The quantitative estimate of drug-likeness (QED) is 0.0956. The summed E-state index contributed by atoms with van der Waals surface area (Å²) in [5.41, 5.74) is -5.27. The van der Waals surface area contributed by atoms with E-state index < -0.39 is 35.6 Å². The van der Waals surface area contributed by atoms with E-state index in [9.17, 15) is 41.0 Å². The van der Waals surface area contributed by atoms with Crippen molar-refractivity contribution in [3.8, 4) is 11.5 Å². The number of hydrogen-bond donors (Lipinski definition) is 2. The van der Waals surface area contributed by atoms with Crippen LogP contribution in [0.25, 0.3) is 0 Å². The smallest absolute Gasteiger partial charge is 0.430 e. The minimum absolute atomic E-state index is 0.0347. The molecule has 0 aliphatic heterocycles. The number of imide groups is 1. The number of amides is 3. The Bertz CT molecular complexity index is 1210. The Morgan fingerprint density at radius 1 is 0.870 bits per heavy atom. The van der Waals surface area contributed by atoms with Crippen LogP contribution in [-0.2, 0) is 23.2 Å². The molecule has 2 aromatic carbocycles. The van der Waals surface area contributed by atoms with Gasteiger partial charge in [0, 0.05) is 12.1 Å². The van der Waals surface area contributed by atoms with Crippen LogP contribution in [0.4, 0.5) is 31.1 Å². The minimum Gasteiger partial charge on any atom is -0.494 e. The molecule has 0 aliphatic carbocycles. The van der Waals surface area contributed by atoms with Gasteiger partial charge in [-0.1, -0.05) is 52.2 Å².